The van der Waals surface area contributed by atoms with Crippen LogP contribution in [0.25, 0.3) is 5.52 Å². The van der Waals surface area contributed by atoms with Gasteiger partial charge in [0.05, 0.1) is 19.0 Å². The number of rotatable bonds is 8. The molecule has 0 radical (unpaired) electrons. The van der Waals surface area contributed by atoms with Crippen LogP contribution in [0.15, 0.2) is 77.3 Å². The molecular formula is C26H28N8O2S. The van der Waals surface area contributed by atoms with E-state index < -0.39 is 0 Å². The number of nitrogens with zero attached hydrogens (tertiary/aromatic N) is 6. The zero-order valence-electron chi connectivity index (χ0n) is 20.7. The maximum atomic E-state index is 11.7. The minimum absolute atomic E-state index is 0.263. The van der Waals surface area contributed by atoms with Crippen LogP contribution in [0.2, 0.25) is 0 Å². The van der Waals surface area contributed by atoms with Gasteiger partial charge in [-0.25, -0.2) is 4.98 Å². The molecule has 1 aliphatic rings. The fourth-order valence-corrected chi connectivity index (χ4v) is 4.98. The number of hydrogen-bond acceptors (Lipinski definition) is 9. The van der Waals surface area contributed by atoms with Gasteiger partial charge in [0.25, 0.3) is 0 Å². The van der Waals surface area contributed by atoms with Crippen molar-refractivity contribution in [2.24, 2.45) is 0 Å². The van der Waals surface area contributed by atoms with Gasteiger partial charge < -0.3 is 25.2 Å². The van der Waals surface area contributed by atoms with Crippen molar-refractivity contribution in [3.8, 4) is 5.75 Å². The number of ether oxygens (including phenoxy) is 1. The number of nitrogens with one attached hydrogen (secondary N) is 2. The van der Waals surface area contributed by atoms with Crippen LogP contribution in [0.4, 0.5) is 23.0 Å². The molecule has 190 valence electrons. The number of carbonyl (C=O) groups excluding carboxylic acids is 1. The molecule has 2 N–H and O–H groups in total. The molecular weight excluding hydrogens is 488 g/mol. The van der Waals surface area contributed by atoms with Gasteiger partial charge in [0.15, 0.2) is 0 Å². The smallest absolute Gasteiger partial charge is 0.248 e. The molecule has 2 aromatic heterocycles. The molecule has 0 atom stereocenters. The normalized spacial score (nSPS) is 13.9. The van der Waals surface area contributed by atoms with E-state index in [2.05, 4.69) is 50.3 Å². The highest BCUT2D eigenvalue weighted by Gasteiger charge is 2.17. The summed E-state index contributed by atoms with van der Waals surface area (Å²) in [6.45, 7) is 7.52. The second-order valence-corrected chi connectivity index (χ2v) is 9.63. The molecule has 2 aromatic carbocycles. The van der Waals surface area contributed by atoms with Crippen LogP contribution in [0, 0.1) is 0 Å². The molecule has 0 saturated carbocycles. The first-order valence-electron chi connectivity index (χ1n) is 11.8. The lowest BCUT2D eigenvalue weighted by molar-refractivity contribution is -0.111. The average Bonchev–Trinajstić information content (AvgIpc) is 3.39. The number of fused-ring (bicyclic) bond motifs is 1. The number of benzene rings is 2. The van der Waals surface area contributed by atoms with Gasteiger partial charge in [0, 0.05) is 48.5 Å². The Hall–Kier alpha value is -4.09. The maximum Gasteiger partial charge on any atom is 0.248 e. The molecule has 37 heavy (non-hydrogen) atoms. The van der Waals surface area contributed by atoms with E-state index in [4.69, 9.17) is 9.72 Å². The Morgan fingerprint density at radius 1 is 1.14 bits per heavy atom. The monoisotopic (exact) mass is 516 g/mol. The number of likely N-dealkylation sites (N-methyl/N-ethyl adjacent to an activating group) is 1. The SMILES string of the molecule is C=CC(=O)Nc1cccc(Sc2nc(Nc3ccc(N4CCN(C)CC4)cc3OC)nn3nccc23)c1. The van der Waals surface area contributed by atoms with Gasteiger partial charge in [-0.05, 0) is 49.5 Å². The molecule has 0 bridgehead atoms. The van der Waals surface area contributed by atoms with E-state index in [-0.39, 0.29) is 5.91 Å². The number of anilines is 4. The van der Waals surface area contributed by atoms with Crippen molar-refractivity contribution in [2.75, 3.05) is 55.9 Å². The summed E-state index contributed by atoms with van der Waals surface area (Å²) in [6.07, 6.45) is 2.92. The summed E-state index contributed by atoms with van der Waals surface area (Å²) in [6, 6.07) is 15.5. The lowest BCUT2D eigenvalue weighted by Crippen LogP contribution is -2.44. The molecule has 1 amide bonds. The Labute approximate surface area is 219 Å². The molecule has 4 aromatic rings. The van der Waals surface area contributed by atoms with Crippen LogP contribution < -0.4 is 20.3 Å². The maximum absolute atomic E-state index is 11.7. The Balaban J connectivity index is 1.40. The summed E-state index contributed by atoms with van der Waals surface area (Å²) in [5.74, 6) is 0.836. The number of hydrogen-bond donors (Lipinski definition) is 2. The highest BCUT2D eigenvalue weighted by atomic mass is 32.2. The largest absolute Gasteiger partial charge is 0.494 e. The second-order valence-electron chi connectivity index (χ2n) is 8.57. The van der Waals surface area contributed by atoms with Gasteiger partial charge in [-0.3, -0.25) is 4.79 Å². The van der Waals surface area contributed by atoms with Gasteiger partial charge in [0.2, 0.25) is 11.9 Å². The molecule has 1 aliphatic heterocycles. The standard InChI is InChI=1S/C26H28N8O2S/c1-4-24(35)28-18-6-5-7-20(16-18)37-25-22-10-11-27-34(22)31-26(30-25)29-21-9-8-19(17-23(21)36-3)33-14-12-32(2)13-15-33/h4-11,16-17H,1,12-15H2,2-3H3,(H,28,35)(H,29,31). The quantitative estimate of drug-likeness (QED) is 0.338. The molecule has 1 fully saturated rings. The van der Waals surface area contributed by atoms with E-state index in [9.17, 15) is 4.79 Å². The highest BCUT2D eigenvalue weighted by molar-refractivity contribution is 7.99. The fourth-order valence-electron chi connectivity index (χ4n) is 4.03. The molecule has 5 rings (SSSR count). The molecule has 0 unspecified atom stereocenters. The lowest BCUT2D eigenvalue weighted by Gasteiger charge is -2.34. The van der Waals surface area contributed by atoms with Crippen LogP contribution in [-0.2, 0) is 4.79 Å². The number of aromatic nitrogens is 4. The zero-order valence-corrected chi connectivity index (χ0v) is 21.5. The summed E-state index contributed by atoms with van der Waals surface area (Å²) in [5, 5.41) is 15.6. The van der Waals surface area contributed by atoms with Crippen LogP contribution in [-0.4, -0.2) is 71.0 Å². The van der Waals surface area contributed by atoms with E-state index in [1.165, 1.54) is 17.8 Å². The fraction of sp³-hybridized carbons (Fsp3) is 0.231. The van der Waals surface area contributed by atoms with Crippen molar-refractivity contribution in [3.63, 3.8) is 0 Å². The van der Waals surface area contributed by atoms with E-state index in [1.807, 2.05) is 42.5 Å². The molecule has 0 aliphatic carbocycles. The lowest BCUT2D eigenvalue weighted by atomic mass is 10.2. The van der Waals surface area contributed by atoms with Gasteiger partial charge >= 0.3 is 0 Å². The Morgan fingerprint density at radius 3 is 2.76 bits per heavy atom. The first-order valence-corrected chi connectivity index (χ1v) is 12.7. The van der Waals surface area contributed by atoms with Crippen molar-refractivity contribution >= 4 is 46.2 Å². The van der Waals surface area contributed by atoms with Crippen molar-refractivity contribution in [1.29, 1.82) is 0 Å². The minimum atomic E-state index is -0.263. The molecule has 0 spiro atoms. The average molecular weight is 517 g/mol. The van der Waals surface area contributed by atoms with Crippen molar-refractivity contribution < 1.29 is 9.53 Å². The highest BCUT2D eigenvalue weighted by Crippen LogP contribution is 2.34. The Kier molecular flexibility index (Phi) is 7.24. The number of methoxy groups -OCH3 is 1. The van der Waals surface area contributed by atoms with Crippen molar-refractivity contribution in [2.45, 2.75) is 9.92 Å². The van der Waals surface area contributed by atoms with Gasteiger partial charge in [-0.1, -0.05) is 24.4 Å². The summed E-state index contributed by atoms with van der Waals surface area (Å²) in [4.78, 5) is 22.1. The third-order valence-electron chi connectivity index (χ3n) is 6.04. The second kappa shape index (κ2) is 10.9. The van der Waals surface area contributed by atoms with E-state index in [0.29, 0.717) is 17.4 Å². The number of amides is 1. The van der Waals surface area contributed by atoms with Crippen molar-refractivity contribution in [1.82, 2.24) is 24.7 Å². The minimum Gasteiger partial charge on any atom is -0.494 e. The zero-order chi connectivity index (χ0) is 25.8. The first-order chi connectivity index (χ1) is 18.0. The molecule has 3 heterocycles. The Morgan fingerprint density at radius 2 is 1.97 bits per heavy atom. The van der Waals surface area contributed by atoms with Crippen LogP contribution in [0.3, 0.4) is 0 Å². The van der Waals surface area contributed by atoms with Gasteiger partial charge in [0.1, 0.15) is 16.3 Å². The topological polar surface area (TPSA) is 99.9 Å². The van der Waals surface area contributed by atoms with Crippen LogP contribution >= 0.6 is 11.8 Å². The predicted molar refractivity (Wildman–Crippen MR) is 146 cm³/mol. The van der Waals surface area contributed by atoms with E-state index >= 15 is 0 Å². The van der Waals surface area contributed by atoms with Gasteiger partial charge in [-0.2, -0.15) is 5.10 Å². The summed E-state index contributed by atoms with van der Waals surface area (Å²) >= 11 is 1.46. The third kappa shape index (κ3) is 5.68. The number of piperazine rings is 1. The van der Waals surface area contributed by atoms with Crippen LogP contribution in [0.5, 0.6) is 5.75 Å². The first kappa shape index (κ1) is 24.6. The Bertz CT molecular complexity index is 1430. The van der Waals surface area contributed by atoms with Crippen LogP contribution in [0.1, 0.15) is 0 Å². The summed E-state index contributed by atoms with van der Waals surface area (Å²) in [5.41, 5.74) is 3.33. The summed E-state index contributed by atoms with van der Waals surface area (Å²) < 4.78 is 7.25. The predicted octanol–water partition coefficient (Wildman–Crippen LogP) is 3.90. The van der Waals surface area contributed by atoms with E-state index in [1.54, 1.807) is 17.9 Å². The molecule has 10 nitrogen and oxygen atoms in total. The summed E-state index contributed by atoms with van der Waals surface area (Å²) in [7, 11) is 3.80. The van der Waals surface area contributed by atoms with Crippen molar-refractivity contribution in [3.05, 3.63) is 67.4 Å². The third-order valence-corrected chi connectivity index (χ3v) is 7.02. The molecule has 1 saturated heterocycles. The number of carbonyl (C=O) groups is 1. The molecule has 11 heteroatoms. The van der Waals surface area contributed by atoms with Gasteiger partial charge in [-0.15, -0.1) is 9.73 Å². The van der Waals surface area contributed by atoms with E-state index in [0.717, 1.165) is 53.0 Å².